The quantitative estimate of drug-likeness (QED) is 0.666. The monoisotopic (exact) mass is 353 g/mol. The summed E-state index contributed by atoms with van der Waals surface area (Å²) in [6.07, 6.45) is 5.82. The lowest BCUT2D eigenvalue weighted by Crippen LogP contribution is -2.29. The van der Waals surface area contributed by atoms with Gasteiger partial charge in [-0.15, -0.1) is 0 Å². The van der Waals surface area contributed by atoms with Gasteiger partial charge in [-0.3, -0.25) is 4.79 Å². The molecule has 6 nitrogen and oxygen atoms in total. The molecule has 24 heavy (non-hydrogen) atoms. The van der Waals surface area contributed by atoms with Crippen LogP contribution < -0.4 is 15.8 Å². The Bertz CT molecular complexity index is 655. The number of benzene rings is 1. The Morgan fingerprint density at radius 1 is 1.33 bits per heavy atom. The average molecular weight is 353 g/mol. The van der Waals surface area contributed by atoms with Crippen LogP contribution in [0.3, 0.4) is 0 Å². The molecule has 0 radical (unpaired) electrons. The molecule has 1 aromatic carbocycles. The largest absolute Gasteiger partial charge is 0.329 e. The predicted octanol–water partition coefficient (Wildman–Crippen LogP) is 2.08. The second-order valence-electron chi connectivity index (χ2n) is 6.49. The molecule has 1 aliphatic rings. The first kappa shape index (κ1) is 18.9. The minimum Gasteiger partial charge on any atom is -0.329 e. The van der Waals surface area contributed by atoms with Gasteiger partial charge in [0.1, 0.15) is 0 Å². The van der Waals surface area contributed by atoms with E-state index in [4.69, 9.17) is 5.73 Å². The fourth-order valence-corrected chi connectivity index (χ4v) is 4.23. The van der Waals surface area contributed by atoms with Gasteiger partial charge in [0.15, 0.2) is 0 Å². The van der Waals surface area contributed by atoms with Crippen molar-refractivity contribution >= 4 is 21.6 Å². The zero-order valence-corrected chi connectivity index (χ0v) is 14.9. The number of hydrogen-bond acceptors (Lipinski definition) is 4. The second kappa shape index (κ2) is 8.60. The molecule has 1 atom stereocenters. The summed E-state index contributed by atoms with van der Waals surface area (Å²) in [5.74, 6) is 0.494. The smallest absolute Gasteiger partial charge is 0.240 e. The molecule has 0 aromatic heterocycles. The minimum absolute atomic E-state index is 0.0636. The van der Waals surface area contributed by atoms with E-state index in [2.05, 4.69) is 10.0 Å². The molecule has 134 valence electrons. The summed E-state index contributed by atoms with van der Waals surface area (Å²) in [6.45, 7) is 2.34. The lowest BCUT2D eigenvalue weighted by Gasteiger charge is -2.16. The van der Waals surface area contributed by atoms with Crippen LogP contribution in [0.5, 0.6) is 0 Å². The maximum Gasteiger partial charge on any atom is 0.240 e. The van der Waals surface area contributed by atoms with E-state index in [1.165, 1.54) is 37.8 Å². The number of amides is 1. The Hall–Kier alpha value is -1.44. The third-order valence-corrected chi connectivity index (χ3v) is 5.92. The third-order valence-electron chi connectivity index (χ3n) is 4.46. The van der Waals surface area contributed by atoms with Gasteiger partial charge in [0, 0.05) is 24.7 Å². The molecule has 1 amide bonds. The number of nitrogens with one attached hydrogen (secondary N) is 2. The van der Waals surface area contributed by atoms with Gasteiger partial charge in [-0.05, 0) is 30.5 Å². The number of hydrogen-bond donors (Lipinski definition) is 3. The Kier molecular flexibility index (Phi) is 6.77. The highest BCUT2D eigenvalue weighted by atomic mass is 32.2. The lowest BCUT2D eigenvalue weighted by molar-refractivity contribution is -0.119. The summed E-state index contributed by atoms with van der Waals surface area (Å²) in [7, 11) is -3.60. The minimum atomic E-state index is -3.60. The first-order chi connectivity index (χ1) is 11.4. The molecule has 0 heterocycles. The number of carbonyl (C=O) groups is 1. The van der Waals surface area contributed by atoms with Gasteiger partial charge in [0.05, 0.1) is 4.90 Å². The summed E-state index contributed by atoms with van der Waals surface area (Å²) < 4.78 is 26.6. The fraction of sp³-hybridized carbons (Fsp3) is 0.588. The first-order valence-corrected chi connectivity index (χ1v) is 10.0. The van der Waals surface area contributed by atoms with Crippen molar-refractivity contribution in [1.29, 1.82) is 0 Å². The van der Waals surface area contributed by atoms with E-state index in [9.17, 15) is 13.2 Å². The summed E-state index contributed by atoms with van der Waals surface area (Å²) in [6, 6.07) is 6.28. The van der Waals surface area contributed by atoms with Crippen LogP contribution in [0.25, 0.3) is 0 Å². The Labute approximate surface area is 144 Å². The van der Waals surface area contributed by atoms with Crippen LogP contribution in [0.15, 0.2) is 29.2 Å². The van der Waals surface area contributed by atoms with Crippen molar-refractivity contribution in [2.75, 3.05) is 18.4 Å². The third kappa shape index (κ3) is 5.29. The standard InChI is InChI=1S/C17H27N3O3S/c1-13(11-14-5-2-3-6-14)17(21)20-15-7-4-8-16(12-15)24(22,23)19-10-9-18/h4,7-8,12-14,19H,2-3,5-6,9-11,18H2,1H3,(H,20,21). The van der Waals surface area contributed by atoms with Crippen LogP contribution in [-0.2, 0) is 14.8 Å². The molecule has 1 unspecified atom stereocenters. The highest BCUT2D eigenvalue weighted by Gasteiger charge is 2.22. The maximum absolute atomic E-state index is 12.3. The van der Waals surface area contributed by atoms with Crippen LogP contribution in [0.4, 0.5) is 5.69 Å². The van der Waals surface area contributed by atoms with Gasteiger partial charge < -0.3 is 11.1 Å². The van der Waals surface area contributed by atoms with Crippen LogP contribution >= 0.6 is 0 Å². The lowest BCUT2D eigenvalue weighted by atomic mass is 9.94. The first-order valence-electron chi connectivity index (χ1n) is 8.53. The molecule has 0 bridgehead atoms. The van der Waals surface area contributed by atoms with E-state index >= 15 is 0 Å². The SMILES string of the molecule is CC(CC1CCCC1)C(=O)Nc1cccc(S(=O)(=O)NCCN)c1. The van der Waals surface area contributed by atoms with Gasteiger partial charge in [-0.1, -0.05) is 38.7 Å². The molecule has 2 rings (SSSR count). The molecular formula is C17H27N3O3S. The molecule has 4 N–H and O–H groups in total. The second-order valence-corrected chi connectivity index (χ2v) is 8.26. The molecule has 0 aliphatic heterocycles. The molecule has 1 aromatic rings. The van der Waals surface area contributed by atoms with E-state index in [-0.39, 0.29) is 29.8 Å². The van der Waals surface area contributed by atoms with E-state index in [1.54, 1.807) is 12.1 Å². The van der Waals surface area contributed by atoms with Crippen molar-refractivity contribution in [3.05, 3.63) is 24.3 Å². The molecule has 1 aliphatic carbocycles. The van der Waals surface area contributed by atoms with Gasteiger partial charge >= 0.3 is 0 Å². The number of nitrogens with two attached hydrogens (primary N) is 1. The van der Waals surface area contributed by atoms with Crippen LogP contribution in [0.2, 0.25) is 0 Å². The predicted molar refractivity (Wildman–Crippen MR) is 95.1 cm³/mol. The molecule has 1 fully saturated rings. The summed E-state index contributed by atoms with van der Waals surface area (Å²) in [5, 5.41) is 2.83. The van der Waals surface area contributed by atoms with Crippen LogP contribution in [0, 0.1) is 11.8 Å². The Balaban J connectivity index is 1.99. The van der Waals surface area contributed by atoms with E-state index in [0.29, 0.717) is 11.6 Å². The normalized spacial score (nSPS) is 16.9. The Morgan fingerprint density at radius 3 is 2.71 bits per heavy atom. The molecule has 0 saturated heterocycles. The van der Waals surface area contributed by atoms with Crippen molar-refractivity contribution in [3.63, 3.8) is 0 Å². The van der Waals surface area contributed by atoms with E-state index < -0.39 is 10.0 Å². The summed E-state index contributed by atoms with van der Waals surface area (Å²) >= 11 is 0. The number of carbonyl (C=O) groups excluding carboxylic acids is 1. The molecule has 0 spiro atoms. The summed E-state index contributed by atoms with van der Waals surface area (Å²) in [5.41, 5.74) is 5.82. The average Bonchev–Trinajstić information content (AvgIpc) is 3.06. The highest BCUT2D eigenvalue weighted by molar-refractivity contribution is 7.89. The van der Waals surface area contributed by atoms with Crippen LogP contribution in [0.1, 0.15) is 39.0 Å². The van der Waals surface area contributed by atoms with Gasteiger partial charge in [0.25, 0.3) is 0 Å². The zero-order chi connectivity index (χ0) is 17.6. The number of anilines is 1. The van der Waals surface area contributed by atoms with Crippen molar-refractivity contribution in [2.45, 2.75) is 43.9 Å². The number of sulfonamides is 1. The molecule has 7 heteroatoms. The van der Waals surface area contributed by atoms with Gasteiger partial charge in [0.2, 0.25) is 15.9 Å². The van der Waals surface area contributed by atoms with Crippen molar-refractivity contribution in [1.82, 2.24) is 4.72 Å². The highest BCUT2D eigenvalue weighted by Crippen LogP contribution is 2.30. The van der Waals surface area contributed by atoms with E-state index in [0.717, 1.165) is 6.42 Å². The van der Waals surface area contributed by atoms with Crippen molar-refractivity contribution in [3.8, 4) is 0 Å². The van der Waals surface area contributed by atoms with Crippen LogP contribution in [-0.4, -0.2) is 27.4 Å². The summed E-state index contributed by atoms with van der Waals surface area (Å²) in [4.78, 5) is 12.5. The maximum atomic E-state index is 12.3. The van der Waals surface area contributed by atoms with Gasteiger partial charge in [-0.25, -0.2) is 13.1 Å². The topological polar surface area (TPSA) is 101 Å². The number of rotatable bonds is 8. The van der Waals surface area contributed by atoms with E-state index in [1.807, 2.05) is 6.92 Å². The zero-order valence-electron chi connectivity index (χ0n) is 14.1. The fourth-order valence-electron chi connectivity index (χ4n) is 3.14. The van der Waals surface area contributed by atoms with Crippen molar-refractivity contribution < 1.29 is 13.2 Å². The van der Waals surface area contributed by atoms with Crippen molar-refractivity contribution in [2.24, 2.45) is 17.6 Å². The molecule has 1 saturated carbocycles. The van der Waals surface area contributed by atoms with Gasteiger partial charge in [-0.2, -0.15) is 0 Å². The molecular weight excluding hydrogens is 326 g/mol. The Morgan fingerprint density at radius 2 is 2.04 bits per heavy atom.